The molecule has 2 aromatic heterocycles. The van der Waals surface area contributed by atoms with E-state index in [1.165, 1.54) is 19.4 Å². The van der Waals surface area contributed by atoms with Crippen LogP contribution < -0.4 is 31.9 Å². The van der Waals surface area contributed by atoms with Crippen LogP contribution in [0.5, 0.6) is 0 Å². The number of rotatable bonds is 24. The third-order valence-corrected chi connectivity index (χ3v) is 10.2. The molecule has 352 valence electrons. The van der Waals surface area contributed by atoms with Crippen molar-refractivity contribution in [2.75, 3.05) is 0 Å². The van der Waals surface area contributed by atoms with Crippen LogP contribution in [0.2, 0.25) is 0 Å². The fourth-order valence-electron chi connectivity index (χ4n) is 6.53. The number of carboxylic acid groups (broad SMARTS) is 3. The summed E-state index contributed by atoms with van der Waals surface area (Å²) < 4.78 is 0. The van der Waals surface area contributed by atoms with Crippen LogP contribution in [-0.2, 0) is 56.0 Å². The number of hydrogen-bond acceptors (Lipinski definition) is 10. The Kier molecular flexibility index (Phi) is 21.6. The number of fused-ring (bicyclic) bond motifs is 1. The lowest BCUT2D eigenvalue weighted by molar-refractivity contribution is -0.142. The molecule has 2 unspecified atom stereocenters. The lowest BCUT2D eigenvalue weighted by Crippen LogP contribution is -2.61. The second-order valence-electron chi connectivity index (χ2n) is 16.1. The van der Waals surface area contributed by atoms with Gasteiger partial charge in [-0.15, -0.1) is 0 Å². The van der Waals surface area contributed by atoms with Gasteiger partial charge in [-0.05, 0) is 41.7 Å². The van der Waals surface area contributed by atoms with E-state index in [1.54, 1.807) is 47.6 Å². The van der Waals surface area contributed by atoms with Crippen LogP contribution in [0.15, 0.2) is 42.9 Å². The lowest BCUT2D eigenvalue weighted by Gasteiger charge is -2.30. The van der Waals surface area contributed by atoms with Crippen LogP contribution in [0.3, 0.4) is 0 Å². The van der Waals surface area contributed by atoms with Crippen molar-refractivity contribution < 1.29 is 58.5 Å². The summed E-state index contributed by atoms with van der Waals surface area (Å²) in [5.74, 6) is -9.39. The molecule has 0 aliphatic carbocycles. The van der Waals surface area contributed by atoms with E-state index in [4.69, 9.17) is 9.90 Å². The highest BCUT2D eigenvalue weighted by Crippen LogP contribution is 2.17. The third kappa shape index (κ3) is 17.9. The summed E-state index contributed by atoms with van der Waals surface area (Å²) in [6.45, 7) is 12.8. The maximum atomic E-state index is 14.0. The molecule has 0 spiro atoms. The zero-order valence-corrected chi connectivity index (χ0v) is 37.4. The van der Waals surface area contributed by atoms with E-state index in [1.807, 2.05) is 24.3 Å². The van der Waals surface area contributed by atoms with Gasteiger partial charge in [0.1, 0.15) is 36.3 Å². The van der Waals surface area contributed by atoms with Crippen LogP contribution in [-0.4, -0.2) is 120 Å². The Balaban J connectivity index is 0.00000337. The molecule has 21 nitrogen and oxygen atoms in total. The van der Waals surface area contributed by atoms with Crippen molar-refractivity contribution >= 4 is 64.3 Å². The predicted molar refractivity (Wildman–Crippen MR) is 233 cm³/mol. The molecule has 21 heteroatoms. The fraction of sp³-hybridized carbons (Fsp3) is 0.535. The normalized spacial score (nSPS) is 14.7. The average Bonchev–Trinajstić information content (AvgIpc) is 3.89. The van der Waals surface area contributed by atoms with E-state index in [0.29, 0.717) is 24.2 Å². The van der Waals surface area contributed by atoms with Gasteiger partial charge in [0.2, 0.25) is 35.4 Å². The summed E-state index contributed by atoms with van der Waals surface area (Å²) in [5, 5.41) is 43.5. The molecule has 0 saturated heterocycles. The molecule has 0 fully saturated rings. The number of benzene rings is 1. The zero-order chi connectivity index (χ0) is 48.3. The van der Waals surface area contributed by atoms with Crippen LogP contribution in [0.4, 0.5) is 0 Å². The van der Waals surface area contributed by atoms with Gasteiger partial charge in [0.25, 0.3) is 5.97 Å². The number of nitrogens with one attached hydrogen (secondary N) is 8. The summed E-state index contributed by atoms with van der Waals surface area (Å²) in [5.41, 5.74) is 1.91. The number of carbonyl (C=O) groups is 9. The van der Waals surface area contributed by atoms with Gasteiger partial charge in [-0.1, -0.05) is 72.6 Å². The van der Waals surface area contributed by atoms with Crippen LogP contribution >= 0.6 is 0 Å². The van der Waals surface area contributed by atoms with Crippen molar-refractivity contribution in [1.82, 2.24) is 46.9 Å². The van der Waals surface area contributed by atoms with Gasteiger partial charge in [-0.2, -0.15) is 0 Å². The lowest BCUT2D eigenvalue weighted by atomic mass is 9.94. The smallest absolute Gasteiger partial charge is 0.326 e. The standard InChI is InChI=1S/C41H59N9O10.C2H4O2/c1-8-22(5)34(39(57)48-32(41(59)60)16-26-15-25-12-10-11-13-28(25)45-26)50-40(58)35(23(6)9-2)49-38(56)31(18-33(52)53)47-36(54)29(14-21(3)4)46-37(55)30(44-24(7)51)17-27-19-42-20-43-27;1-2(3)4/h10-13,15,19-23,29-32,34-35,45H,8-9,14,16-18H2,1-7H3,(H,42,43)(H,44,51)(H,46,55)(H,47,54)(H,48,57)(H,49,56)(H,50,58)(H,52,53)(H,59,60);1H3,(H,3,4)/t22?,23?,29-,30-,31-,32-,34-,35-;/m0./s1. The average molecular weight is 898 g/mol. The Hall–Kier alpha value is -6.80. The first-order valence-corrected chi connectivity index (χ1v) is 21.0. The van der Waals surface area contributed by atoms with Gasteiger partial charge in [0.15, 0.2) is 0 Å². The number of hydrogen-bond donors (Lipinski definition) is 11. The molecule has 64 heavy (non-hydrogen) atoms. The minimum atomic E-state index is -1.70. The number of aliphatic carboxylic acids is 3. The van der Waals surface area contributed by atoms with Crippen LogP contribution in [0.25, 0.3) is 10.9 Å². The highest BCUT2D eigenvalue weighted by atomic mass is 16.4. The van der Waals surface area contributed by atoms with E-state index < -0.39 is 108 Å². The monoisotopic (exact) mass is 897 g/mol. The molecule has 0 saturated carbocycles. The van der Waals surface area contributed by atoms with Gasteiger partial charge >= 0.3 is 11.9 Å². The summed E-state index contributed by atoms with van der Waals surface area (Å²) in [4.78, 5) is 124. The van der Waals surface area contributed by atoms with E-state index in [-0.39, 0.29) is 25.2 Å². The van der Waals surface area contributed by atoms with Gasteiger partial charge in [-0.3, -0.25) is 38.4 Å². The zero-order valence-electron chi connectivity index (χ0n) is 37.4. The minimum Gasteiger partial charge on any atom is -0.481 e. The molecule has 0 bridgehead atoms. The van der Waals surface area contributed by atoms with Crippen LogP contribution in [0.1, 0.15) is 92.5 Å². The Morgan fingerprint density at radius 2 is 1.14 bits per heavy atom. The first kappa shape index (κ1) is 53.3. The number of aromatic amines is 2. The Bertz CT molecular complexity index is 2030. The van der Waals surface area contributed by atoms with Crippen molar-refractivity contribution in [2.45, 2.75) is 130 Å². The fourth-order valence-corrected chi connectivity index (χ4v) is 6.53. The maximum absolute atomic E-state index is 14.0. The quantitative estimate of drug-likeness (QED) is 0.0607. The van der Waals surface area contributed by atoms with E-state index in [2.05, 4.69) is 46.9 Å². The molecule has 11 N–H and O–H groups in total. The highest BCUT2D eigenvalue weighted by molar-refractivity contribution is 5.98. The van der Waals surface area contributed by atoms with Crippen molar-refractivity contribution in [3.8, 4) is 0 Å². The molecule has 0 aliphatic rings. The topological polar surface area (TPSA) is 331 Å². The van der Waals surface area contributed by atoms with Crippen LogP contribution in [0, 0.1) is 17.8 Å². The molecule has 8 atom stereocenters. The maximum Gasteiger partial charge on any atom is 0.326 e. The molecule has 3 aromatic rings. The number of nitrogens with zero attached hydrogens (tertiary/aromatic N) is 1. The summed E-state index contributed by atoms with van der Waals surface area (Å²) in [7, 11) is 0. The number of carbonyl (C=O) groups excluding carboxylic acids is 6. The largest absolute Gasteiger partial charge is 0.481 e. The van der Waals surface area contributed by atoms with E-state index in [0.717, 1.165) is 17.8 Å². The Labute approximate surface area is 371 Å². The molecular formula is C43H63N9O12. The van der Waals surface area contributed by atoms with Crippen molar-refractivity contribution in [3.05, 3.63) is 54.2 Å². The molecular weight excluding hydrogens is 835 g/mol. The first-order chi connectivity index (χ1) is 30.1. The Morgan fingerprint density at radius 1 is 0.641 bits per heavy atom. The Morgan fingerprint density at radius 3 is 1.64 bits per heavy atom. The third-order valence-electron chi connectivity index (χ3n) is 10.2. The second-order valence-corrected chi connectivity index (χ2v) is 16.1. The summed E-state index contributed by atoms with van der Waals surface area (Å²) in [6.07, 6.45) is 2.80. The van der Waals surface area contributed by atoms with E-state index >= 15 is 0 Å². The summed E-state index contributed by atoms with van der Waals surface area (Å²) >= 11 is 0. The second kappa shape index (κ2) is 26.0. The molecule has 6 amide bonds. The van der Waals surface area contributed by atoms with Gasteiger partial charge in [0, 0.05) is 49.8 Å². The SMILES string of the molecule is CC(=O)O.CCC(C)[C@H](NC(=O)[C@H](CC(=O)O)NC(=O)[C@H](CC(C)C)NC(=O)[C@H](Cc1cnc[nH]1)NC(C)=O)C(=O)N[C@H](C(=O)N[C@@H](Cc1cc2ccccc2[nH]1)C(=O)O)C(C)CC. The highest BCUT2D eigenvalue weighted by Gasteiger charge is 2.37. The predicted octanol–water partition coefficient (Wildman–Crippen LogP) is 1.39. The van der Waals surface area contributed by atoms with Crippen molar-refractivity contribution in [3.63, 3.8) is 0 Å². The molecule has 0 aliphatic heterocycles. The first-order valence-electron chi connectivity index (χ1n) is 21.0. The number of carboxylic acids is 3. The number of para-hydroxylation sites is 1. The molecule has 3 rings (SSSR count). The van der Waals surface area contributed by atoms with Crippen molar-refractivity contribution in [2.24, 2.45) is 17.8 Å². The van der Waals surface area contributed by atoms with E-state index in [9.17, 15) is 48.6 Å². The van der Waals surface area contributed by atoms with Gasteiger partial charge in [-0.25, -0.2) is 9.78 Å². The minimum absolute atomic E-state index is 0.0231. The summed E-state index contributed by atoms with van der Waals surface area (Å²) in [6, 6.07) is 1.22. The van der Waals surface area contributed by atoms with Gasteiger partial charge in [0.05, 0.1) is 12.7 Å². The number of aromatic nitrogens is 3. The molecule has 1 aromatic carbocycles. The number of amides is 6. The van der Waals surface area contributed by atoms with Gasteiger partial charge < -0.3 is 57.2 Å². The molecule has 0 radical (unpaired) electrons. The number of H-pyrrole nitrogens is 2. The van der Waals surface area contributed by atoms with Crippen molar-refractivity contribution in [1.29, 1.82) is 0 Å². The molecule has 2 heterocycles. The number of imidazole rings is 1.